The number of halogens is 2. The van der Waals surface area contributed by atoms with Gasteiger partial charge in [-0.25, -0.2) is 0 Å². The van der Waals surface area contributed by atoms with Gasteiger partial charge in [-0.15, -0.1) is 0 Å². The largest absolute Gasteiger partial charge is 0.310 e. The van der Waals surface area contributed by atoms with Crippen LogP contribution in [-0.2, 0) is 6.54 Å². The maximum absolute atomic E-state index is 6.28. The van der Waals surface area contributed by atoms with E-state index < -0.39 is 0 Å². The summed E-state index contributed by atoms with van der Waals surface area (Å²) in [5, 5.41) is 4.61. The van der Waals surface area contributed by atoms with Crippen molar-refractivity contribution in [2.75, 3.05) is 0 Å². The SMILES string of the molecule is CC(C)(C)C1CCCCC1NCc1cc(Br)ccc1Cl. The fourth-order valence-electron chi connectivity index (χ4n) is 3.33. The van der Waals surface area contributed by atoms with E-state index in [9.17, 15) is 0 Å². The zero-order chi connectivity index (χ0) is 14.8. The number of hydrogen-bond acceptors (Lipinski definition) is 1. The van der Waals surface area contributed by atoms with Crippen LogP contribution in [-0.4, -0.2) is 6.04 Å². The van der Waals surface area contributed by atoms with Crippen LogP contribution in [0.15, 0.2) is 22.7 Å². The molecular formula is C17H25BrClN. The van der Waals surface area contributed by atoms with Gasteiger partial charge in [0, 0.05) is 22.1 Å². The normalized spacial score (nSPS) is 23.9. The molecule has 0 bridgehead atoms. The molecule has 1 aliphatic carbocycles. The lowest BCUT2D eigenvalue weighted by atomic mass is 9.69. The second kappa shape index (κ2) is 6.81. The van der Waals surface area contributed by atoms with Crippen LogP contribution in [0.3, 0.4) is 0 Å². The summed E-state index contributed by atoms with van der Waals surface area (Å²) < 4.78 is 1.09. The van der Waals surface area contributed by atoms with E-state index in [0.717, 1.165) is 22.0 Å². The van der Waals surface area contributed by atoms with Gasteiger partial charge in [0.1, 0.15) is 0 Å². The van der Waals surface area contributed by atoms with Crippen molar-refractivity contribution in [1.29, 1.82) is 0 Å². The van der Waals surface area contributed by atoms with Gasteiger partial charge in [0.2, 0.25) is 0 Å². The summed E-state index contributed by atoms with van der Waals surface area (Å²) >= 11 is 9.80. The molecule has 0 spiro atoms. The number of benzene rings is 1. The van der Waals surface area contributed by atoms with Crippen LogP contribution in [0.5, 0.6) is 0 Å². The Bertz CT molecular complexity index is 453. The van der Waals surface area contributed by atoms with Crippen molar-refractivity contribution in [3.05, 3.63) is 33.3 Å². The third-order valence-corrected chi connectivity index (χ3v) is 5.30. The highest BCUT2D eigenvalue weighted by atomic mass is 79.9. The molecule has 0 heterocycles. The van der Waals surface area contributed by atoms with E-state index in [1.165, 1.54) is 31.2 Å². The summed E-state index contributed by atoms with van der Waals surface area (Å²) in [6.07, 6.45) is 5.34. The van der Waals surface area contributed by atoms with Crippen molar-refractivity contribution >= 4 is 27.5 Å². The van der Waals surface area contributed by atoms with Gasteiger partial charge < -0.3 is 5.32 Å². The number of nitrogens with one attached hydrogen (secondary N) is 1. The maximum atomic E-state index is 6.28. The fourth-order valence-corrected chi connectivity index (χ4v) is 3.92. The van der Waals surface area contributed by atoms with Crippen LogP contribution in [0.2, 0.25) is 5.02 Å². The molecule has 20 heavy (non-hydrogen) atoms. The average molecular weight is 359 g/mol. The van der Waals surface area contributed by atoms with Crippen molar-refractivity contribution in [2.45, 2.75) is 59.0 Å². The van der Waals surface area contributed by atoms with Gasteiger partial charge in [-0.3, -0.25) is 0 Å². The molecule has 2 rings (SSSR count). The smallest absolute Gasteiger partial charge is 0.0451 e. The minimum atomic E-state index is 0.374. The molecule has 0 aromatic heterocycles. The molecule has 1 fully saturated rings. The predicted molar refractivity (Wildman–Crippen MR) is 91.2 cm³/mol. The second-order valence-electron chi connectivity index (χ2n) is 6.98. The first-order valence-corrected chi connectivity index (χ1v) is 8.72. The van der Waals surface area contributed by atoms with Crippen LogP contribution in [0.4, 0.5) is 0 Å². The lowest BCUT2D eigenvalue weighted by Gasteiger charge is -2.41. The Labute approximate surface area is 136 Å². The van der Waals surface area contributed by atoms with Gasteiger partial charge in [0.05, 0.1) is 0 Å². The van der Waals surface area contributed by atoms with E-state index in [-0.39, 0.29) is 0 Å². The van der Waals surface area contributed by atoms with Crippen LogP contribution in [0.1, 0.15) is 52.0 Å². The molecule has 3 heteroatoms. The molecule has 2 unspecified atom stereocenters. The lowest BCUT2D eigenvalue weighted by Crippen LogP contribution is -2.43. The minimum Gasteiger partial charge on any atom is -0.310 e. The number of hydrogen-bond donors (Lipinski definition) is 1. The summed E-state index contributed by atoms with van der Waals surface area (Å²) in [6, 6.07) is 6.68. The molecule has 0 amide bonds. The molecule has 1 N–H and O–H groups in total. The molecule has 2 atom stereocenters. The highest BCUT2D eigenvalue weighted by Gasteiger charge is 2.33. The van der Waals surface area contributed by atoms with Crippen LogP contribution >= 0.6 is 27.5 Å². The van der Waals surface area contributed by atoms with Crippen molar-refractivity contribution in [2.24, 2.45) is 11.3 Å². The topological polar surface area (TPSA) is 12.0 Å². The predicted octanol–water partition coefficient (Wildman–Crippen LogP) is 5.80. The van der Waals surface area contributed by atoms with Crippen LogP contribution < -0.4 is 5.32 Å². The van der Waals surface area contributed by atoms with E-state index in [1.807, 2.05) is 12.1 Å². The van der Waals surface area contributed by atoms with E-state index in [1.54, 1.807) is 0 Å². The van der Waals surface area contributed by atoms with Crippen LogP contribution in [0.25, 0.3) is 0 Å². The highest BCUT2D eigenvalue weighted by molar-refractivity contribution is 9.10. The molecule has 0 saturated heterocycles. The molecule has 0 radical (unpaired) electrons. The van der Waals surface area contributed by atoms with E-state index in [2.05, 4.69) is 48.1 Å². The monoisotopic (exact) mass is 357 g/mol. The Hall–Kier alpha value is -0.0500. The molecule has 112 valence electrons. The van der Waals surface area contributed by atoms with Gasteiger partial charge in [-0.05, 0) is 47.9 Å². The Morgan fingerprint density at radius 2 is 1.95 bits per heavy atom. The quantitative estimate of drug-likeness (QED) is 0.720. The Kier molecular flexibility index (Phi) is 5.56. The molecule has 1 saturated carbocycles. The molecule has 1 aliphatic rings. The van der Waals surface area contributed by atoms with Gasteiger partial charge in [-0.2, -0.15) is 0 Å². The van der Waals surface area contributed by atoms with Crippen molar-refractivity contribution in [3.63, 3.8) is 0 Å². The van der Waals surface area contributed by atoms with Gasteiger partial charge in [0.15, 0.2) is 0 Å². The molecule has 1 aromatic rings. The first kappa shape index (κ1) is 16.3. The van der Waals surface area contributed by atoms with Crippen molar-refractivity contribution in [1.82, 2.24) is 5.32 Å². The van der Waals surface area contributed by atoms with E-state index >= 15 is 0 Å². The molecule has 1 aromatic carbocycles. The molecule has 1 nitrogen and oxygen atoms in total. The highest BCUT2D eigenvalue weighted by Crippen LogP contribution is 2.38. The fraction of sp³-hybridized carbons (Fsp3) is 0.647. The third-order valence-electron chi connectivity index (χ3n) is 4.44. The van der Waals surface area contributed by atoms with Gasteiger partial charge in [-0.1, -0.05) is 61.1 Å². The summed E-state index contributed by atoms with van der Waals surface area (Å²) in [5.41, 5.74) is 1.55. The summed E-state index contributed by atoms with van der Waals surface area (Å²) in [7, 11) is 0. The number of rotatable bonds is 3. The zero-order valence-electron chi connectivity index (χ0n) is 12.7. The van der Waals surface area contributed by atoms with Crippen molar-refractivity contribution in [3.8, 4) is 0 Å². The second-order valence-corrected chi connectivity index (χ2v) is 8.30. The lowest BCUT2D eigenvalue weighted by molar-refractivity contribution is 0.130. The average Bonchev–Trinajstić information content (AvgIpc) is 2.39. The standard InChI is InChI=1S/C17H25BrClN/c1-17(2,3)14-6-4-5-7-16(14)20-11-12-10-13(18)8-9-15(12)19/h8-10,14,16,20H,4-7,11H2,1-3H3. The Morgan fingerprint density at radius 3 is 2.65 bits per heavy atom. The van der Waals surface area contributed by atoms with Crippen LogP contribution in [0, 0.1) is 11.3 Å². The summed E-state index contributed by atoms with van der Waals surface area (Å²) in [4.78, 5) is 0. The zero-order valence-corrected chi connectivity index (χ0v) is 15.0. The summed E-state index contributed by atoms with van der Waals surface area (Å²) in [6.45, 7) is 7.95. The first-order valence-electron chi connectivity index (χ1n) is 7.55. The van der Waals surface area contributed by atoms with Gasteiger partial charge >= 0.3 is 0 Å². The van der Waals surface area contributed by atoms with Crippen molar-refractivity contribution < 1.29 is 0 Å². The van der Waals surface area contributed by atoms with E-state index in [0.29, 0.717) is 11.5 Å². The molecule has 0 aliphatic heterocycles. The first-order chi connectivity index (χ1) is 9.38. The molecular weight excluding hydrogens is 334 g/mol. The van der Waals surface area contributed by atoms with E-state index in [4.69, 9.17) is 11.6 Å². The minimum absolute atomic E-state index is 0.374. The third kappa shape index (κ3) is 4.22. The Morgan fingerprint density at radius 1 is 1.25 bits per heavy atom. The Balaban J connectivity index is 2.03. The summed E-state index contributed by atoms with van der Waals surface area (Å²) in [5.74, 6) is 0.752. The maximum Gasteiger partial charge on any atom is 0.0451 e. The van der Waals surface area contributed by atoms with Gasteiger partial charge in [0.25, 0.3) is 0 Å².